The van der Waals surface area contributed by atoms with Crippen molar-refractivity contribution >= 4 is 38.9 Å². The SMILES string of the molecule is CC1(C)c2ccccc2-c2ccc(N(c3ccccc3-c3ccccc3)c3cccc4c5ccccc5n(-c5ccc(-c6cccc(-c7ccccc7)c6)cc5)c34)cc21. The van der Waals surface area contributed by atoms with Gasteiger partial charge in [-0.05, 0) is 98.6 Å². The van der Waals surface area contributed by atoms with Gasteiger partial charge in [0.15, 0.2) is 0 Å². The molecule has 0 atom stereocenters. The largest absolute Gasteiger partial charge is 0.308 e. The Bertz CT molecular complexity index is 3170. The van der Waals surface area contributed by atoms with Crippen LogP contribution in [0.5, 0.6) is 0 Å². The number of benzene rings is 9. The molecule has 0 saturated carbocycles. The highest BCUT2D eigenvalue weighted by molar-refractivity contribution is 6.15. The lowest BCUT2D eigenvalue weighted by molar-refractivity contribution is 0.660. The van der Waals surface area contributed by atoms with Crippen LogP contribution in [0.3, 0.4) is 0 Å². The van der Waals surface area contributed by atoms with Crippen molar-refractivity contribution in [2.45, 2.75) is 19.3 Å². The Balaban J connectivity index is 1.14. The fourth-order valence-electron chi connectivity index (χ4n) is 9.53. The number of hydrogen-bond donors (Lipinski definition) is 0. The second-order valence-electron chi connectivity index (χ2n) is 16.1. The first-order valence-corrected chi connectivity index (χ1v) is 20.5. The topological polar surface area (TPSA) is 8.17 Å². The Morgan fingerprint density at radius 3 is 1.71 bits per heavy atom. The van der Waals surface area contributed by atoms with E-state index in [4.69, 9.17) is 0 Å². The van der Waals surface area contributed by atoms with Crippen molar-refractivity contribution in [1.82, 2.24) is 4.57 Å². The summed E-state index contributed by atoms with van der Waals surface area (Å²) in [6.07, 6.45) is 0. The minimum absolute atomic E-state index is 0.143. The fraction of sp³-hybridized carbons (Fsp3) is 0.0526. The van der Waals surface area contributed by atoms with Crippen LogP contribution in [0.2, 0.25) is 0 Å². The number of hydrogen-bond acceptors (Lipinski definition) is 1. The minimum atomic E-state index is -0.143. The summed E-state index contributed by atoms with van der Waals surface area (Å²) < 4.78 is 2.47. The lowest BCUT2D eigenvalue weighted by atomic mass is 9.82. The van der Waals surface area contributed by atoms with Crippen molar-refractivity contribution in [3.8, 4) is 50.2 Å². The number of rotatable bonds is 7. The standard InChI is InChI=1S/C57H42N2/c1-57(2)51-27-12-9-24-47(51)48-36-35-45(38-52(48)57)58(53-28-13-10-23-46(53)41-19-7-4-8-20-41)55-30-16-26-50-49-25-11-14-29-54(49)59(56(50)55)44-33-31-40(32-34-44)43-22-15-21-42(37-43)39-17-5-3-6-18-39/h3-38H,1-2H3. The molecule has 59 heavy (non-hydrogen) atoms. The summed E-state index contributed by atoms with van der Waals surface area (Å²) in [7, 11) is 0. The van der Waals surface area contributed by atoms with Gasteiger partial charge in [0, 0.05) is 33.1 Å². The molecule has 0 amide bonds. The van der Waals surface area contributed by atoms with Crippen LogP contribution >= 0.6 is 0 Å². The van der Waals surface area contributed by atoms with Crippen molar-refractivity contribution in [3.05, 3.63) is 230 Å². The van der Waals surface area contributed by atoms with Gasteiger partial charge in [-0.1, -0.05) is 184 Å². The number of para-hydroxylation sites is 3. The maximum Gasteiger partial charge on any atom is 0.0782 e. The predicted molar refractivity (Wildman–Crippen MR) is 249 cm³/mol. The van der Waals surface area contributed by atoms with Crippen LogP contribution in [0, 0.1) is 0 Å². The van der Waals surface area contributed by atoms with E-state index >= 15 is 0 Å². The normalized spacial score (nSPS) is 12.7. The Labute approximate surface area is 345 Å². The molecule has 2 nitrogen and oxygen atoms in total. The number of nitrogens with zero attached hydrogens (tertiary/aromatic N) is 2. The molecule has 0 N–H and O–H groups in total. The summed E-state index contributed by atoms with van der Waals surface area (Å²) >= 11 is 0. The van der Waals surface area contributed by atoms with Gasteiger partial charge < -0.3 is 9.47 Å². The Morgan fingerprint density at radius 1 is 0.373 bits per heavy atom. The zero-order valence-corrected chi connectivity index (χ0v) is 33.2. The summed E-state index contributed by atoms with van der Waals surface area (Å²) in [6, 6.07) is 79.9. The Morgan fingerprint density at radius 2 is 0.932 bits per heavy atom. The van der Waals surface area contributed by atoms with E-state index in [2.05, 4.69) is 242 Å². The van der Waals surface area contributed by atoms with Gasteiger partial charge in [-0.25, -0.2) is 0 Å². The van der Waals surface area contributed by atoms with Gasteiger partial charge >= 0.3 is 0 Å². The number of anilines is 3. The molecule has 2 heteroatoms. The maximum absolute atomic E-state index is 2.50. The Kier molecular flexibility index (Phi) is 8.20. The summed E-state index contributed by atoms with van der Waals surface area (Å²) in [5.74, 6) is 0. The second kappa shape index (κ2) is 13.9. The first-order valence-electron chi connectivity index (χ1n) is 20.5. The zero-order chi connectivity index (χ0) is 39.5. The predicted octanol–water partition coefficient (Wildman–Crippen LogP) is 15.6. The minimum Gasteiger partial charge on any atom is -0.308 e. The molecule has 1 aliphatic carbocycles. The summed E-state index contributed by atoms with van der Waals surface area (Å²) in [6.45, 7) is 4.73. The summed E-state index contributed by atoms with van der Waals surface area (Å²) in [4.78, 5) is 2.50. The van der Waals surface area contributed by atoms with E-state index < -0.39 is 0 Å². The van der Waals surface area contributed by atoms with Crippen LogP contribution < -0.4 is 4.90 Å². The van der Waals surface area contributed by atoms with E-state index in [0.717, 1.165) is 22.7 Å². The van der Waals surface area contributed by atoms with E-state index in [9.17, 15) is 0 Å². The van der Waals surface area contributed by atoms with Crippen LogP contribution in [-0.2, 0) is 5.41 Å². The van der Waals surface area contributed by atoms with Crippen LogP contribution in [-0.4, -0.2) is 4.57 Å². The second-order valence-corrected chi connectivity index (χ2v) is 16.1. The molecule has 1 heterocycles. The van der Waals surface area contributed by atoms with E-state index in [1.165, 1.54) is 77.4 Å². The van der Waals surface area contributed by atoms with Crippen molar-refractivity contribution in [3.63, 3.8) is 0 Å². The van der Waals surface area contributed by atoms with E-state index in [1.807, 2.05) is 0 Å². The molecular weight excluding hydrogens is 713 g/mol. The van der Waals surface area contributed by atoms with Gasteiger partial charge in [0.2, 0.25) is 0 Å². The highest BCUT2D eigenvalue weighted by atomic mass is 15.2. The molecule has 1 aromatic heterocycles. The van der Waals surface area contributed by atoms with Crippen molar-refractivity contribution in [1.29, 1.82) is 0 Å². The molecule has 0 bridgehead atoms. The average Bonchev–Trinajstić information content (AvgIpc) is 3.76. The van der Waals surface area contributed by atoms with Crippen molar-refractivity contribution < 1.29 is 0 Å². The lowest BCUT2D eigenvalue weighted by Gasteiger charge is -2.30. The van der Waals surface area contributed by atoms with Gasteiger partial charge in [-0.2, -0.15) is 0 Å². The first kappa shape index (κ1) is 34.8. The van der Waals surface area contributed by atoms with E-state index in [-0.39, 0.29) is 5.41 Å². The molecule has 11 rings (SSSR count). The molecule has 0 fully saturated rings. The van der Waals surface area contributed by atoms with Gasteiger partial charge in [0.05, 0.1) is 22.4 Å². The monoisotopic (exact) mass is 754 g/mol. The Hall–Kier alpha value is -7.42. The molecule has 280 valence electrons. The average molecular weight is 755 g/mol. The van der Waals surface area contributed by atoms with E-state index in [0.29, 0.717) is 0 Å². The van der Waals surface area contributed by atoms with E-state index in [1.54, 1.807) is 0 Å². The highest BCUT2D eigenvalue weighted by Crippen LogP contribution is 2.52. The molecule has 0 spiro atoms. The van der Waals surface area contributed by atoms with Crippen LogP contribution in [0.15, 0.2) is 218 Å². The molecule has 10 aromatic rings. The third-order valence-corrected chi connectivity index (χ3v) is 12.4. The third-order valence-electron chi connectivity index (χ3n) is 12.4. The highest BCUT2D eigenvalue weighted by Gasteiger charge is 2.36. The number of aromatic nitrogens is 1. The van der Waals surface area contributed by atoms with Gasteiger partial charge in [0.1, 0.15) is 0 Å². The zero-order valence-electron chi connectivity index (χ0n) is 33.2. The summed E-state index contributed by atoms with van der Waals surface area (Å²) in [5.41, 5.74) is 19.2. The molecule has 0 aliphatic heterocycles. The summed E-state index contributed by atoms with van der Waals surface area (Å²) in [5, 5.41) is 2.44. The van der Waals surface area contributed by atoms with Crippen molar-refractivity contribution in [2.24, 2.45) is 0 Å². The quantitative estimate of drug-likeness (QED) is 0.157. The molecule has 0 radical (unpaired) electrons. The number of fused-ring (bicyclic) bond motifs is 6. The van der Waals surface area contributed by atoms with Gasteiger partial charge in [0.25, 0.3) is 0 Å². The smallest absolute Gasteiger partial charge is 0.0782 e. The maximum atomic E-state index is 2.50. The van der Waals surface area contributed by atoms with Crippen LogP contribution in [0.1, 0.15) is 25.0 Å². The van der Waals surface area contributed by atoms with Crippen LogP contribution in [0.4, 0.5) is 17.1 Å². The molecule has 0 saturated heterocycles. The van der Waals surface area contributed by atoms with Crippen LogP contribution in [0.25, 0.3) is 72.0 Å². The first-order chi connectivity index (χ1) is 29.0. The van der Waals surface area contributed by atoms with Gasteiger partial charge in [-0.3, -0.25) is 0 Å². The fourth-order valence-corrected chi connectivity index (χ4v) is 9.53. The van der Waals surface area contributed by atoms with Crippen molar-refractivity contribution in [2.75, 3.05) is 4.90 Å². The molecular formula is C57H42N2. The third kappa shape index (κ3) is 5.71. The molecule has 9 aromatic carbocycles. The lowest BCUT2D eigenvalue weighted by Crippen LogP contribution is -2.17. The molecule has 0 unspecified atom stereocenters. The van der Waals surface area contributed by atoms with Gasteiger partial charge in [-0.15, -0.1) is 0 Å². The molecule has 1 aliphatic rings.